The summed E-state index contributed by atoms with van der Waals surface area (Å²) in [4.78, 5) is 40.2. The van der Waals surface area contributed by atoms with Crippen LogP contribution in [-0.4, -0.2) is 42.5 Å². The minimum absolute atomic E-state index is 0.152. The molecule has 3 rings (SSSR count). The second-order valence-electron chi connectivity index (χ2n) is 6.10. The number of methoxy groups -OCH3 is 1. The smallest absolute Gasteiger partial charge is 0.332 e. The van der Waals surface area contributed by atoms with Crippen LogP contribution in [0.4, 0.5) is 10.5 Å². The molecule has 1 saturated carbocycles. The highest BCUT2D eigenvalue weighted by molar-refractivity contribution is 6.31. The lowest BCUT2D eigenvalue weighted by molar-refractivity contribution is -0.143. The summed E-state index contributed by atoms with van der Waals surface area (Å²) in [6.45, 7) is -0.152. The molecule has 2 atom stereocenters. The maximum absolute atomic E-state index is 12.9. The standard InChI is InChI=1S/C17H19ClN2O4/c1-24-15(21)10-19-14-8-3-2-7-13(14)16(22)20(17(19)23)12-6-4-5-11(18)9-12/h4-6,9,13-14H,2-3,7-8,10H2,1H3. The molecule has 2 aliphatic rings. The van der Waals surface area contributed by atoms with Gasteiger partial charge in [0.15, 0.2) is 0 Å². The molecule has 1 aliphatic heterocycles. The van der Waals surface area contributed by atoms with Crippen LogP contribution in [0.3, 0.4) is 0 Å². The third-order valence-corrected chi connectivity index (χ3v) is 4.93. The summed E-state index contributed by atoms with van der Waals surface area (Å²) in [6, 6.07) is 5.89. The number of esters is 1. The summed E-state index contributed by atoms with van der Waals surface area (Å²) in [5, 5.41) is 0.443. The fourth-order valence-corrected chi connectivity index (χ4v) is 3.73. The molecule has 128 valence electrons. The number of benzene rings is 1. The molecule has 24 heavy (non-hydrogen) atoms. The van der Waals surface area contributed by atoms with E-state index in [1.807, 2.05) is 0 Å². The highest BCUT2D eigenvalue weighted by Gasteiger charge is 2.48. The van der Waals surface area contributed by atoms with E-state index in [-0.39, 0.29) is 24.4 Å². The van der Waals surface area contributed by atoms with Crippen molar-refractivity contribution in [2.45, 2.75) is 31.7 Å². The van der Waals surface area contributed by atoms with Crippen LogP contribution in [0.5, 0.6) is 0 Å². The topological polar surface area (TPSA) is 66.9 Å². The van der Waals surface area contributed by atoms with Gasteiger partial charge in [-0.1, -0.05) is 30.5 Å². The lowest BCUT2D eigenvalue weighted by Crippen LogP contribution is -2.63. The third-order valence-electron chi connectivity index (χ3n) is 4.70. The van der Waals surface area contributed by atoms with Crippen molar-refractivity contribution in [2.24, 2.45) is 5.92 Å². The molecule has 1 saturated heterocycles. The van der Waals surface area contributed by atoms with Gasteiger partial charge in [0, 0.05) is 11.1 Å². The normalized spacial score (nSPS) is 23.9. The van der Waals surface area contributed by atoms with E-state index < -0.39 is 12.0 Å². The number of halogens is 1. The van der Waals surface area contributed by atoms with E-state index >= 15 is 0 Å². The highest BCUT2D eigenvalue weighted by atomic mass is 35.5. The van der Waals surface area contributed by atoms with Crippen molar-refractivity contribution >= 4 is 35.2 Å². The van der Waals surface area contributed by atoms with Crippen molar-refractivity contribution in [1.82, 2.24) is 4.90 Å². The molecule has 0 radical (unpaired) electrons. The van der Waals surface area contributed by atoms with Gasteiger partial charge in [0.25, 0.3) is 0 Å². The number of urea groups is 1. The van der Waals surface area contributed by atoms with Gasteiger partial charge in [-0.2, -0.15) is 0 Å². The van der Waals surface area contributed by atoms with Gasteiger partial charge in [0.05, 0.1) is 18.7 Å². The second kappa shape index (κ2) is 6.81. The van der Waals surface area contributed by atoms with Crippen LogP contribution in [0.2, 0.25) is 5.02 Å². The lowest BCUT2D eigenvalue weighted by atomic mass is 9.81. The number of fused-ring (bicyclic) bond motifs is 1. The zero-order chi connectivity index (χ0) is 17.3. The van der Waals surface area contributed by atoms with E-state index in [0.29, 0.717) is 17.1 Å². The minimum Gasteiger partial charge on any atom is -0.468 e. The molecule has 1 aliphatic carbocycles. The zero-order valence-electron chi connectivity index (χ0n) is 13.4. The van der Waals surface area contributed by atoms with E-state index in [1.165, 1.54) is 12.0 Å². The summed E-state index contributed by atoms with van der Waals surface area (Å²) in [5.41, 5.74) is 0.427. The van der Waals surface area contributed by atoms with Crippen LogP contribution in [0, 0.1) is 5.92 Å². The summed E-state index contributed by atoms with van der Waals surface area (Å²) in [6.07, 6.45) is 3.32. The summed E-state index contributed by atoms with van der Waals surface area (Å²) < 4.78 is 4.71. The molecule has 0 N–H and O–H groups in total. The third kappa shape index (κ3) is 2.98. The number of hydrogen-bond donors (Lipinski definition) is 0. The first-order valence-corrected chi connectivity index (χ1v) is 8.37. The SMILES string of the molecule is COC(=O)CN1C(=O)N(c2cccc(Cl)c2)C(=O)C2CCCCC21. The maximum atomic E-state index is 12.9. The van der Waals surface area contributed by atoms with Crippen molar-refractivity contribution in [3.63, 3.8) is 0 Å². The van der Waals surface area contributed by atoms with Crippen molar-refractivity contribution in [3.8, 4) is 0 Å². The first kappa shape index (κ1) is 16.8. The Bertz CT molecular complexity index is 678. The largest absolute Gasteiger partial charge is 0.468 e. The number of imide groups is 1. The lowest BCUT2D eigenvalue weighted by Gasteiger charge is -2.46. The Hall–Kier alpha value is -2.08. The van der Waals surface area contributed by atoms with Gasteiger partial charge in [-0.25, -0.2) is 9.69 Å². The van der Waals surface area contributed by atoms with Gasteiger partial charge in [-0.15, -0.1) is 0 Å². The molecule has 1 heterocycles. The number of nitrogens with zero attached hydrogens (tertiary/aromatic N) is 2. The molecule has 0 spiro atoms. The van der Waals surface area contributed by atoms with E-state index in [2.05, 4.69) is 0 Å². The van der Waals surface area contributed by atoms with Crippen LogP contribution < -0.4 is 4.90 Å². The highest BCUT2D eigenvalue weighted by Crippen LogP contribution is 2.36. The molecule has 7 heteroatoms. The van der Waals surface area contributed by atoms with Crippen molar-refractivity contribution in [1.29, 1.82) is 0 Å². The number of hydrogen-bond acceptors (Lipinski definition) is 4. The molecular weight excluding hydrogens is 332 g/mol. The Morgan fingerprint density at radius 3 is 2.75 bits per heavy atom. The van der Waals surface area contributed by atoms with Gasteiger partial charge in [-0.05, 0) is 31.0 Å². The van der Waals surface area contributed by atoms with Crippen LogP contribution in [0.1, 0.15) is 25.7 Å². The molecule has 1 aromatic carbocycles. The van der Waals surface area contributed by atoms with Crippen LogP contribution in [0.15, 0.2) is 24.3 Å². The maximum Gasteiger partial charge on any atom is 0.332 e. The summed E-state index contributed by atoms with van der Waals surface area (Å²) in [5.74, 6) is -0.999. The number of amides is 3. The van der Waals surface area contributed by atoms with Crippen molar-refractivity contribution in [2.75, 3.05) is 18.6 Å². The number of rotatable bonds is 3. The number of carbonyl (C=O) groups excluding carboxylic acids is 3. The van der Waals surface area contributed by atoms with Crippen molar-refractivity contribution in [3.05, 3.63) is 29.3 Å². The van der Waals surface area contributed by atoms with Crippen LogP contribution in [-0.2, 0) is 14.3 Å². The first-order valence-electron chi connectivity index (χ1n) is 8.00. The second-order valence-corrected chi connectivity index (χ2v) is 6.53. The minimum atomic E-state index is -0.493. The van der Waals surface area contributed by atoms with Crippen molar-refractivity contribution < 1.29 is 19.1 Å². The van der Waals surface area contributed by atoms with E-state index in [0.717, 1.165) is 24.2 Å². The van der Waals surface area contributed by atoms with Crippen LogP contribution in [0.25, 0.3) is 0 Å². The van der Waals surface area contributed by atoms with Gasteiger partial charge >= 0.3 is 12.0 Å². The Labute approximate surface area is 145 Å². The first-order chi connectivity index (χ1) is 11.5. The molecule has 3 amide bonds. The van der Waals surface area contributed by atoms with Gasteiger partial charge in [0.2, 0.25) is 5.91 Å². The zero-order valence-corrected chi connectivity index (χ0v) is 14.2. The molecule has 1 aromatic rings. The van der Waals surface area contributed by atoms with Gasteiger partial charge < -0.3 is 9.64 Å². The molecule has 0 bridgehead atoms. The summed E-state index contributed by atoms with van der Waals surface area (Å²) in [7, 11) is 1.29. The Balaban J connectivity index is 1.98. The van der Waals surface area contributed by atoms with E-state index in [1.54, 1.807) is 24.3 Å². The van der Waals surface area contributed by atoms with Gasteiger partial charge in [-0.3, -0.25) is 9.59 Å². The average Bonchev–Trinajstić information content (AvgIpc) is 2.58. The van der Waals surface area contributed by atoms with E-state index in [9.17, 15) is 14.4 Å². The summed E-state index contributed by atoms with van der Waals surface area (Å²) >= 11 is 6.00. The Morgan fingerprint density at radius 1 is 1.29 bits per heavy atom. The fourth-order valence-electron chi connectivity index (χ4n) is 3.54. The fraction of sp³-hybridized carbons (Fsp3) is 0.471. The Morgan fingerprint density at radius 2 is 2.04 bits per heavy atom. The van der Waals surface area contributed by atoms with Gasteiger partial charge in [0.1, 0.15) is 6.54 Å². The monoisotopic (exact) mass is 350 g/mol. The quantitative estimate of drug-likeness (QED) is 0.786. The number of ether oxygens (including phenoxy) is 1. The predicted molar refractivity (Wildman–Crippen MR) is 88.8 cm³/mol. The Kier molecular flexibility index (Phi) is 4.76. The molecule has 2 unspecified atom stereocenters. The number of anilines is 1. The predicted octanol–water partition coefficient (Wildman–Crippen LogP) is 2.84. The van der Waals surface area contributed by atoms with Crippen LogP contribution >= 0.6 is 11.6 Å². The molecular formula is C17H19ClN2O4. The average molecular weight is 351 g/mol. The number of carbonyl (C=O) groups is 3. The molecule has 0 aromatic heterocycles. The molecule has 6 nitrogen and oxygen atoms in total. The van der Waals surface area contributed by atoms with E-state index in [4.69, 9.17) is 16.3 Å². The molecule has 2 fully saturated rings.